The summed E-state index contributed by atoms with van der Waals surface area (Å²) in [6.45, 7) is 5.79. The van der Waals surface area contributed by atoms with Crippen LogP contribution < -0.4 is 5.32 Å². The van der Waals surface area contributed by atoms with Gasteiger partial charge in [0.2, 0.25) is 11.8 Å². The summed E-state index contributed by atoms with van der Waals surface area (Å²) in [7, 11) is 0. The second-order valence-electron chi connectivity index (χ2n) is 7.45. The number of anilines is 1. The third-order valence-corrected chi connectivity index (χ3v) is 6.23. The van der Waals surface area contributed by atoms with Gasteiger partial charge in [-0.2, -0.15) is 0 Å². The van der Waals surface area contributed by atoms with Crippen molar-refractivity contribution in [3.63, 3.8) is 0 Å². The quantitative estimate of drug-likeness (QED) is 0.678. The molecule has 1 saturated heterocycles. The monoisotopic (exact) mass is 441 g/mol. The van der Waals surface area contributed by atoms with Crippen LogP contribution in [0.1, 0.15) is 12.5 Å². The van der Waals surface area contributed by atoms with Crippen molar-refractivity contribution in [2.24, 2.45) is 0 Å². The predicted octanol–water partition coefficient (Wildman–Crippen LogP) is 3.74. The minimum Gasteiger partial charge on any atom is -0.339 e. The maximum atomic E-state index is 12.9. The molecule has 2 aromatic rings. The Kier molecular flexibility index (Phi) is 8.67. The fourth-order valence-corrected chi connectivity index (χ4v) is 4.08. The average molecular weight is 442 g/mol. The second kappa shape index (κ2) is 11.7. The van der Waals surface area contributed by atoms with Crippen molar-refractivity contribution in [3.8, 4) is 0 Å². The smallest absolute Gasteiger partial charge is 0.235 e. The largest absolute Gasteiger partial charge is 0.339 e. The summed E-state index contributed by atoms with van der Waals surface area (Å²) in [6.07, 6.45) is 4.28. The number of carbonyl (C=O) groups is 2. The topological polar surface area (TPSA) is 52.7 Å². The predicted molar refractivity (Wildman–Crippen MR) is 125 cm³/mol. The number of nitrogens with zero attached hydrogens (tertiary/aromatic N) is 2. The average Bonchev–Trinajstić information content (AvgIpc) is 2.80. The molecule has 7 heteroatoms. The highest BCUT2D eigenvalue weighted by molar-refractivity contribution is 8.01. The molecule has 1 fully saturated rings. The number of piperazine rings is 1. The summed E-state index contributed by atoms with van der Waals surface area (Å²) < 4.78 is 12.9. The van der Waals surface area contributed by atoms with Gasteiger partial charge >= 0.3 is 0 Å². The van der Waals surface area contributed by atoms with Crippen LogP contribution in [0, 0.1) is 5.82 Å². The lowest BCUT2D eigenvalue weighted by Crippen LogP contribution is -2.50. The van der Waals surface area contributed by atoms with E-state index in [0.29, 0.717) is 18.8 Å². The Hall–Kier alpha value is -2.64. The summed E-state index contributed by atoms with van der Waals surface area (Å²) in [5.41, 5.74) is 1.73. The van der Waals surface area contributed by atoms with E-state index in [9.17, 15) is 14.0 Å². The number of rotatable bonds is 8. The van der Waals surface area contributed by atoms with Crippen LogP contribution in [0.3, 0.4) is 0 Å². The van der Waals surface area contributed by atoms with Gasteiger partial charge in [-0.25, -0.2) is 4.39 Å². The molecule has 2 aromatic carbocycles. The number of hydrogen-bond acceptors (Lipinski definition) is 4. The van der Waals surface area contributed by atoms with E-state index in [1.165, 1.54) is 41.6 Å². The number of carbonyl (C=O) groups excluding carboxylic acids is 2. The van der Waals surface area contributed by atoms with E-state index in [4.69, 9.17) is 0 Å². The Morgan fingerprint density at radius 1 is 1.06 bits per heavy atom. The van der Waals surface area contributed by atoms with Gasteiger partial charge in [-0.15, -0.1) is 11.8 Å². The van der Waals surface area contributed by atoms with Crippen molar-refractivity contribution < 1.29 is 14.0 Å². The number of halogens is 1. The summed E-state index contributed by atoms with van der Waals surface area (Å²) >= 11 is 1.32. The molecule has 2 amide bonds. The fourth-order valence-electron chi connectivity index (χ4n) is 3.31. The van der Waals surface area contributed by atoms with Crippen LogP contribution in [-0.4, -0.2) is 65.3 Å². The van der Waals surface area contributed by atoms with Crippen molar-refractivity contribution in [2.45, 2.75) is 12.2 Å². The molecule has 5 nitrogen and oxygen atoms in total. The van der Waals surface area contributed by atoms with Crippen molar-refractivity contribution in [3.05, 3.63) is 72.1 Å². The van der Waals surface area contributed by atoms with Crippen molar-refractivity contribution >= 4 is 35.3 Å². The van der Waals surface area contributed by atoms with Crippen LogP contribution in [0.2, 0.25) is 0 Å². The number of hydrogen-bond donors (Lipinski definition) is 1. The number of amides is 2. The van der Waals surface area contributed by atoms with E-state index in [1.54, 1.807) is 0 Å². The van der Waals surface area contributed by atoms with Gasteiger partial charge in [-0.1, -0.05) is 42.5 Å². The molecule has 1 atom stereocenters. The van der Waals surface area contributed by atoms with Crippen LogP contribution in [0.15, 0.2) is 60.7 Å². The molecule has 1 N–H and O–H groups in total. The standard InChI is InChI=1S/C24H28FN3O2S/c1-19(31-18-23(29)26-22-11-9-21(25)10-12-22)24(30)28-16-14-27(15-17-28)13-5-8-20-6-3-2-4-7-20/h2-12,19H,13-18H2,1H3,(H,26,29)/b8-5+. The van der Waals surface area contributed by atoms with Crippen molar-refractivity contribution in [2.75, 3.05) is 43.8 Å². The first-order chi connectivity index (χ1) is 15.0. The molecule has 31 heavy (non-hydrogen) atoms. The van der Waals surface area contributed by atoms with Gasteiger partial charge in [0.25, 0.3) is 0 Å². The zero-order valence-electron chi connectivity index (χ0n) is 17.7. The van der Waals surface area contributed by atoms with Crippen LogP contribution in [-0.2, 0) is 9.59 Å². The molecule has 0 radical (unpaired) electrons. The highest BCUT2D eigenvalue weighted by Gasteiger charge is 2.25. The molecule has 0 saturated carbocycles. The first kappa shape index (κ1) is 23.0. The molecular formula is C24H28FN3O2S. The zero-order valence-corrected chi connectivity index (χ0v) is 18.5. The van der Waals surface area contributed by atoms with E-state index in [-0.39, 0.29) is 28.6 Å². The summed E-state index contributed by atoms with van der Waals surface area (Å²) in [5.74, 6) is -0.307. The van der Waals surface area contributed by atoms with Gasteiger partial charge in [-0.3, -0.25) is 14.5 Å². The Bertz CT molecular complexity index is 881. The van der Waals surface area contributed by atoms with E-state index >= 15 is 0 Å². The van der Waals surface area contributed by atoms with Gasteiger partial charge in [-0.05, 0) is 36.8 Å². The molecule has 1 aliphatic heterocycles. The zero-order chi connectivity index (χ0) is 22.1. The molecule has 3 rings (SSSR count). The highest BCUT2D eigenvalue weighted by atomic mass is 32.2. The Morgan fingerprint density at radius 3 is 2.42 bits per heavy atom. The van der Waals surface area contributed by atoms with Gasteiger partial charge < -0.3 is 10.2 Å². The number of nitrogens with one attached hydrogen (secondary N) is 1. The van der Waals surface area contributed by atoms with Crippen LogP contribution in [0.5, 0.6) is 0 Å². The lowest BCUT2D eigenvalue weighted by atomic mass is 10.2. The molecule has 1 aliphatic rings. The SMILES string of the molecule is CC(SCC(=O)Nc1ccc(F)cc1)C(=O)N1CCN(C/C=C/c2ccccc2)CC1. The summed E-state index contributed by atoms with van der Waals surface area (Å²) in [5, 5.41) is 2.43. The van der Waals surface area contributed by atoms with Crippen LogP contribution in [0.25, 0.3) is 6.08 Å². The maximum Gasteiger partial charge on any atom is 0.235 e. The molecule has 1 heterocycles. The molecule has 1 unspecified atom stereocenters. The highest BCUT2D eigenvalue weighted by Crippen LogP contribution is 2.16. The van der Waals surface area contributed by atoms with Gasteiger partial charge in [0.05, 0.1) is 11.0 Å². The Balaban J connectivity index is 1.36. The normalized spacial score (nSPS) is 15.7. The fraction of sp³-hybridized carbons (Fsp3) is 0.333. The first-order valence-electron chi connectivity index (χ1n) is 10.4. The van der Waals surface area contributed by atoms with Crippen LogP contribution in [0.4, 0.5) is 10.1 Å². The minimum atomic E-state index is -0.348. The van der Waals surface area contributed by atoms with Crippen molar-refractivity contribution in [1.82, 2.24) is 9.80 Å². The summed E-state index contributed by atoms with van der Waals surface area (Å²) in [4.78, 5) is 29.0. The molecular weight excluding hydrogens is 413 g/mol. The lowest BCUT2D eigenvalue weighted by Gasteiger charge is -2.35. The molecule has 0 aliphatic carbocycles. The first-order valence-corrected chi connectivity index (χ1v) is 11.5. The summed E-state index contributed by atoms with van der Waals surface area (Å²) in [6, 6.07) is 15.8. The molecule has 0 spiro atoms. The molecule has 164 valence electrons. The number of benzene rings is 2. The van der Waals surface area contributed by atoms with Crippen LogP contribution >= 0.6 is 11.8 Å². The number of thioether (sulfide) groups is 1. The van der Waals surface area contributed by atoms with E-state index in [2.05, 4.69) is 34.5 Å². The van der Waals surface area contributed by atoms with E-state index in [1.807, 2.05) is 30.0 Å². The van der Waals surface area contributed by atoms with E-state index < -0.39 is 0 Å². The Morgan fingerprint density at radius 2 is 1.74 bits per heavy atom. The third-order valence-electron chi connectivity index (χ3n) is 5.10. The van der Waals surface area contributed by atoms with Crippen molar-refractivity contribution in [1.29, 1.82) is 0 Å². The maximum absolute atomic E-state index is 12.9. The lowest BCUT2D eigenvalue weighted by molar-refractivity contribution is -0.131. The van der Waals surface area contributed by atoms with Gasteiger partial charge in [0, 0.05) is 38.4 Å². The second-order valence-corrected chi connectivity index (χ2v) is 8.78. The third kappa shape index (κ3) is 7.52. The molecule has 0 aromatic heterocycles. The molecule has 0 bridgehead atoms. The Labute approximate surface area is 187 Å². The van der Waals surface area contributed by atoms with Gasteiger partial charge in [0.15, 0.2) is 0 Å². The van der Waals surface area contributed by atoms with E-state index in [0.717, 1.165) is 19.6 Å². The van der Waals surface area contributed by atoms with Gasteiger partial charge in [0.1, 0.15) is 5.82 Å². The minimum absolute atomic E-state index is 0.0686.